The van der Waals surface area contributed by atoms with Gasteiger partial charge in [-0.15, -0.1) is 0 Å². The minimum absolute atomic E-state index is 0.0196. The lowest BCUT2D eigenvalue weighted by atomic mass is 9.69. The van der Waals surface area contributed by atoms with Crippen molar-refractivity contribution in [2.75, 3.05) is 13.9 Å². The molecule has 0 fully saturated rings. The third-order valence-electron chi connectivity index (χ3n) is 15.6. The Bertz CT molecular complexity index is 3400. The summed E-state index contributed by atoms with van der Waals surface area (Å²) in [5.41, 5.74) is 3.40. The van der Waals surface area contributed by atoms with Crippen molar-refractivity contribution in [1.82, 2.24) is 0 Å². The Morgan fingerprint density at radius 1 is 0.414 bits per heavy atom. The molecular weight excluding hydrogens is 1160 g/mol. The van der Waals surface area contributed by atoms with Gasteiger partial charge in [-0.3, -0.25) is 0 Å². The van der Waals surface area contributed by atoms with Gasteiger partial charge in [-0.2, -0.15) is 71.9 Å². The first-order valence-corrected chi connectivity index (χ1v) is 27.5. The number of rotatable bonds is 15. The lowest BCUT2D eigenvalue weighted by molar-refractivity contribution is -0.368. The van der Waals surface area contributed by atoms with E-state index in [1.54, 1.807) is 38.1 Å². The molecule has 0 aliphatic rings. The maximum atomic E-state index is 13.7. The molecule has 0 aromatic heterocycles. The van der Waals surface area contributed by atoms with Gasteiger partial charge in [0.25, 0.3) is 0 Å². The number of methoxy groups -OCH3 is 1. The summed E-state index contributed by atoms with van der Waals surface area (Å²) in [6, 6.07) is 39.5. The molecule has 0 radical (unpaired) electrons. The largest absolute Gasteiger partial charge is 0.438 e. The molecule has 6 aromatic rings. The van der Waals surface area contributed by atoms with Crippen LogP contribution in [-0.4, -0.2) is 67.2 Å². The minimum Gasteiger partial charge on any atom is -0.363 e. The van der Waals surface area contributed by atoms with Crippen LogP contribution in [0.1, 0.15) is 134 Å². The molecule has 0 spiro atoms. The summed E-state index contributed by atoms with van der Waals surface area (Å²) >= 11 is 0. The molecule has 87 heavy (non-hydrogen) atoms. The molecular formula is C68H68F12O7. The molecule has 7 nitrogen and oxygen atoms in total. The Labute approximate surface area is 499 Å². The Hall–Kier alpha value is -7.76. The van der Waals surface area contributed by atoms with E-state index in [2.05, 4.69) is 142 Å². The van der Waals surface area contributed by atoms with Gasteiger partial charge in [0, 0.05) is 29.1 Å². The summed E-state index contributed by atoms with van der Waals surface area (Å²) in [5, 5.41) is 9.38. The highest BCUT2D eigenvalue weighted by atomic mass is 19.4. The molecule has 6 aromatic carbocycles. The molecule has 0 bridgehead atoms. The Balaban J connectivity index is 0.000000418. The molecule has 19 heteroatoms. The fraction of sp³-hybridized carbons (Fsp3) is 0.382. The normalized spacial score (nSPS) is 12.0. The average molecular weight is 1230 g/mol. The predicted molar refractivity (Wildman–Crippen MR) is 306 cm³/mol. The Morgan fingerprint density at radius 2 is 0.713 bits per heavy atom. The highest BCUT2D eigenvalue weighted by Gasteiger charge is 2.73. The number of halogens is 12. The zero-order valence-electron chi connectivity index (χ0n) is 49.9. The molecule has 0 saturated heterocycles. The van der Waals surface area contributed by atoms with Crippen molar-refractivity contribution in [2.45, 2.75) is 154 Å². The van der Waals surface area contributed by atoms with E-state index in [1.807, 2.05) is 19.8 Å². The number of aryl methyl sites for hydroxylation is 6. The summed E-state index contributed by atoms with van der Waals surface area (Å²) in [4.78, 5) is 32.5. The molecule has 0 atom stereocenters. The van der Waals surface area contributed by atoms with Gasteiger partial charge in [0.1, 0.15) is 6.79 Å². The number of hydrogen-bond acceptors (Lipinski definition) is 7. The SMILES string of the molecule is CCc1ccc(-c2ccc(C(CC)(CC)c3ccc(C#CC(O)(C(F)(F)F)C(F)(F)F)c(C)c3)cc2C)cc1.CCc1ccc(-c2ccc(C(CC)(CC)c3ccc(C#CC(OCOC)(C(F)(F)F)C(F)(F)F)c(C)c3)cc2C)cc1.O=C=O.O=C=O. The maximum Gasteiger partial charge on any atom is 0.438 e. The second-order valence-electron chi connectivity index (χ2n) is 20.4. The van der Waals surface area contributed by atoms with Crippen LogP contribution in [0.15, 0.2) is 121 Å². The number of hydrogen-bond donors (Lipinski definition) is 1. The van der Waals surface area contributed by atoms with Crippen molar-refractivity contribution < 1.29 is 86.4 Å². The quantitative estimate of drug-likeness (QED) is 0.0620. The van der Waals surface area contributed by atoms with Gasteiger partial charge in [0.15, 0.2) is 0 Å². The molecule has 0 heterocycles. The zero-order chi connectivity index (χ0) is 66.0. The first kappa shape index (κ1) is 73.5. The van der Waals surface area contributed by atoms with E-state index in [0.29, 0.717) is 11.1 Å². The van der Waals surface area contributed by atoms with Gasteiger partial charge < -0.3 is 14.6 Å². The van der Waals surface area contributed by atoms with E-state index in [1.165, 1.54) is 29.2 Å². The van der Waals surface area contributed by atoms with Crippen molar-refractivity contribution in [1.29, 1.82) is 0 Å². The van der Waals surface area contributed by atoms with Crippen molar-refractivity contribution in [3.63, 3.8) is 0 Å². The van der Waals surface area contributed by atoms with E-state index in [-0.39, 0.29) is 23.4 Å². The molecule has 0 aliphatic carbocycles. The van der Waals surface area contributed by atoms with Crippen molar-refractivity contribution in [2.24, 2.45) is 0 Å². The fourth-order valence-electron chi connectivity index (χ4n) is 10.3. The van der Waals surface area contributed by atoms with Crippen molar-refractivity contribution in [3.05, 3.63) is 188 Å². The second kappa shape index (κ2) is 30.7. The molecule has 6 rings (SSSR count). The first-order chi connectivity index (χ1) is 40.6. The second-order valence-corrected chi connectivity index (χ2v) is 20.4. The van der Waals surface area contributed by atoms with E-state index >= 15 is 0 Å². The first-order valence-electron chi connectivity index (χ1n) is 27.5. The third-order valence-corrected chi connectivity index (χ3v) is 15.6. The molecule has 466 valence electrons. The van der Waals surface area contributed by atoms with Gasteiger partial charge in [0.2, 0.25) is 0 Å². The van der Waals surface area contributed by atoms with E-state index in [0.717, 1.165) is 107 Å². The van der Waals surface area contributed by atoms with Crippen LogP contribution in [0.4, 0.5) is 52.7 Å². The summed E-state index contributed by atoms with van der Waals surface area (Å²) in [7, 11) is 0.931. The number of alkyl halides is 12. The van der Waals surface area contributed by atoms with Crippen LogP contribution in [0.25, 0.3) is 22.3 Å². The molecule has 0 aliphatic heterocycles. The molecule has 1 N–H and O–H groups in total. The van der Waals surface area contributed by atoms with E-state index in [4.69, 9.17) is 19.2 Å². The highest BCUT2D eigenvalue weighted by molar-refractivity contribution is 5.70. The van der Waals surface area contributed by atoms with Gasteiger partial charge >= 0.3 is 48.2 Å². The van der Waals surface area contributed by atoms with Crippen LogP contribution >= 0.6 is 0 Å². The van der Waals surface area contributed by atoms with Crippen LogP contribution in [0.3, 0.4) is 0 Å². The van der Waals surface area contributed by atoms with Gasteiger partial charge in [0.05, 0.1) is 0 Å². The van der Waals surface area contributed by atoms with Gasteiger partial charge in [-0.05, 0) is 168 Å². The molecule has 0 saturated carbocycles. The van der Waals surface area contributed by atoms with E-state index in [9.17, 15) is 57.8 Å². The summed E-state index contributed by atoms with van der Waals surface area (Å²) in [5.74, 6) is 6.43. The van der Waals surface area contributed by atoms with Gasteiger partial charge in [-0.1, -0.05) is 163 Å². The van der Waals surface area contributed by atoms with Crippen LogP contribution in [0, 0.1) is 51.4 Å². The predicted octanol–water partition coefficient (Wildman–Crippen LogP) is 17.2. The topological polar surface area (TPSA) is 107 Å². The smallest absolute Gasteiger partial charge is 0.363 e. The number of carbonyl (C=O) groups excluding carboxylic acids is 4. The maximum absolute atomic E-state index is 13.7. The van der Waals surface area contributed by atoms with E-state index < -0.39 is 53.5 Å². The van der Waals surface area contributed by atoms with Crippen LogP contribution in [0.2, 0.25) is 0 Å². The lowest BCUT2D eigenvalue weighted by Crippen LogP contribution is -2.58. The van der Waals surface area contributed by atoms with Crippen LogP contribution < -0.4 is 0 Å². The summed E-state index contributed by atoms with van der Waals surface area (Å²) < 4.78 is 169. The van der Waals surface area contributed by atoms with Gasteiger partial charge in [-0.25, -0.2) is 0 Å². The fourth-order valence-corrected chi connectivity index (χ4v) is 10.3. The molecule has 0 amide bonds. The standard InChI is InChI=1S/C34H36F6O2.C32H32F6O.2CO2/c1-7-25-10-12-27(13-11-25)30-17-16-29(21-24(30)5)31(8-2,9-3)28-15-14-26(23(4)20-28)18-19-32(33(35,36)37,34(38,39)40)42-22-41-6;1-6-23-9-11-25(12-10-23)28-16-15-27(20-22(28)5)29(7-2,8-3)26-14-13-24(21(4)19-26)17-18-30(39,31(33,34)35)32(36,37)38;2*2-1-3/h10-17,20-21H,7-9,22H2,1-6H3;9-16,19-20,39H,6-8H2,1-5H3;;. The monoisotopic (exact) mass is 1220 g/mol. The highest BCUT2D eigenvalue weighted by Crippen LogP contribution is 2.47. The average Bonchev–Trinajstić information content (AvgIpc) is 1.03. The lowest BCUT2D eigenvalue weighted by Gasteiger charge is -2.34. The molecule has 0 unspecified atom stereocenters. The summed E-state index contributed by atoms with van der Waals surface area (Å²) in [6.45, 7) is 18.5. The van der Waals surface area contributed by atoms with Crippen LogP contribution in [0.5, 0.6) is 0 Å². The minimum atomic E-state index is -5.99. The zero-order valence-corrected chi connectivity index (χ0v) is 49.9. The van der Waals surface area contributed by atoms with Crippen LogP contribution in [-0.2, 0) is 52.3 Å². The third kappa shape index (κ3) is 16.7. The Morgan fingerprint density at radius 3 is 0.966 bits per heavy atom. The number of benzene rings is 6. The number of ether oxygens (including phenoxy) is 2. The Kier molecular flexibility index (Phi) is 26.0. The number of aliphatic hydroxyl groups is 1. The van der Waals surface area contributed by atoms with Crippen molar-refractivity contribution >= 4 is 12.3 Å². The van der Waals surface area contributed by atoms with Crippen molar-refractivity contribution in [3.8, 4) is 45.9 Å². The summed E-state index contributed by atoms with van der Waals surface area (Å²) in [6.07, 6.45) is -18.3.